The highest BCUT2D eigenvalue weighted by Gasteiger charge is 2.28. The largest absolute Gasteiger partial charge is 0.458 e. The van der Waals surface area contributed by atoms with Gasteiger partial charge in [-0.2, -0.15) is 0 Å². The monoisotopic (exact) mass is 368 g/mol. The second-order valence-electron chi connectivity index (χ2n) is 5.58. The van der Waals surface area contributed by atoms with Crippen LogP contribution in [-0.2, 0) is 9.47 Å². The van der Waals surface area contributed by atoms with Gasteiger partial charge >= 0.3 is 11.9 Å². The highest BCUT2D eigenvalue weighted by atomic mass is 32.1. The smallest absolute Gasteiger partial charge is 0.352 e. The van der Waals surface area contributed by atoms with Crippen molar-refractivity contribution in [2.45, 2.75) is 51.7 Å². The van der Waals surface area contributed by atoms with E-state index in [9.17, 15) is 9.59 Å². The van der Waals surface area contributed by atoms with E-state index in [4.69, 9.17) is 9.47 Å². The van der Waals surface area contributed by atoms with E-state index in [1.165, 1.54) is 0 Å². The fraction of sp³-hybridized carbons (Fsp3) is 0.571. The van der Waals surface area contributed by atoms with Gasteiger partial charge in [-0.3, -0.25) is 0 Å². The third kappa shape index (κ3) is 3.75. The van der Waals surface area contributed by atoms with Crippen molar-refractivity contribution in [1.29, 1.82) is 0 Å². The molecule has 0 bridgehead atoms. The van der Waals surface area contributed by atoms with Crippen molar-refractivity contribution in [3.8, 4) is 0 Å². The third-order valence-electron chi connectivity index (χ3n) is 3.84. The maximum Gasteiger partial charge on any atom is 0.352 e. The standard InChI is InChI=1S/C14H16N4O4S2/c1-7-11(23-17-15-7)13(19)21-9-3-5-10(6-4-9)22-14(20)12-8(2)16-18-24-12/h9-10H,3-6H2,1-2H3. The van der Waals surface area contributed by atoms with E-state index >= 15 is 0 Å². The number of esters is 2. The number of aryl methyl sites for hydroxylation is 2. The number of ether oxygens (including phenoxy) is 2. The van der Waals surface area contributed by atoms with E-state index < -0.39 is 0 Å². The van der Waals surface area contributed by atoms with E-state index in [1.54, 1.807) is 13.8 Å². The molecule has 128 valence electrons. The lowest BCUT2D eigenvalue weighted by Gasteiger charge is -2.27. The molecule has 0 radical (unpaired) electrons. The van der Waals surface area contributed by atoms with Crippen LogP contribution in [0.4, 0.5) is 0 Å². The van der Waals surface area contributed by atoms with Crippen molar-refractivity contribution >= 4 is 35.0 Å². The molecule has 0 spiro atoms. The highest BCUT2D eigenvalue weighted by Crippen LogP contribution is 2.26. The van der Waals surface area contributed by atoms with Gasteiger partial charge in [0.2, 0.25) is 0 Å². The number of nitrogens with zero attached hydrogens (tertiary/aromatic N) is 4. The summed E-state index contributed by atoms with van der Waals surface area (Å²) >= 11 is 2.08. The summed E-state index contributed by atoms with van der Waals surface area (Å²) in [6.07, 6.45) is 2.31. The van der Waals surface area contributed by atoms with Crippen molar-refractivity contribution in [3.63, 3.8) is 0 Å². The van der Waals surface area contributed by atoms with Gasteiger partial charge in [-0.15, -0.1) is 10.2 Å². The minimum absolute atomic E-state index is 0.166. The molecule has 0 atom stereocenters. The first kappa shape index (κ1) is 16.9. The van der Waals surface area contributed by atoms with Crippen molar-refractivity contribution in [2.75, 3.05) is 0 Å². The molecule has 0 amide bonds. The molecule has 24 heavy (non-hydrogen) atoms. The van der Waals surface area contributed by atoms with Gasteiger partial charge in [0.1, 0.15) is 12.2 Å². The summed E-state index contributed by atoms with van der Waals surface area (Å²) in [5.74, 6) is -0.761. The molecule has 10 heteroatoms. The molecule has 2 aromatic heterocycles. The van der Waals surface area contributed by atoms with Crippen LogP contribution >= 0.6 is 23.1 Å². The molecule has 3 rings (SSSR count). The molecular formula is C14H16N4O4S2. The van der Waals surface area contributed by atoms with Crippen LogP contribution in [0.3, 0.4) is 0 Å². The predicted molar refractivity (Wildman–Crippen MR) is 86.2 cm³/mol. The minimum atomic E-state index is -0.380. The first-order chi connectivity index (χ1) is 11.5. The Morgan fingerprint density at radius 2 is 1.21 bits per heavy atom. The fourth-order valence-corrected chi connectivity index (χ4v) is 3.60. The molecule has 1 fully saturated rings. The lowest BCUT2D eigenvalue weighted by molar-refractivity contribution is -0.0104. The molecule has 0 aromatic carbocycles. The zero-order chi connectivity index (χ0) is 17.1. The molecule has 1 aliphatic carbocycles. The van der Waals surface area contributed by atoms with Crippen LogP contribution in [0.1, 0.15) is 56.4 Å². The molecule has 0 aliphatic heterocycles. The first-order valence-electron chi connectivity index (χ1n) is 7.54. The number of hydrogen-bond donors (Lipinski definition) is 0. The summed E-state index contributed by atoms with van der Waals surface area (Å²) in [6, 6.07) is 0. The van der Waals surface area contributed by atoms with Crippen LogP contribution in [0.15, 0.2) is 0 Å². The molecule has 2 aromatic rings. The number of carbonyl (C=O) groups excluding carboxylic acids is 2. The number of rotatable bonds is 4. The summed E-state index contributed by atoms with van der Waals surface area (Å²) in [5.41, 5.74) is 1.17. The molecule has 0 unspecified atom stereocenters. The van der Waals surface area contributed by atoms with Crippen molar-refractivity contribution in [2.24, 2.45) is 0 Å². The Labute approximate surface area is 146 Å². The Hall–Kier alpha value is -1.94. The van der Waals surface area contributed by atoms with Gasteiger partial charge in [-0.25, -0.2) is 9.59 Å². The maximum atomic E-state index is 12.1. The summed E-state index contributed by atoms with van der Waals surface area (Å²) in [7, 11) is 0. The van der Waals surface area contributed by atoms with Gasteiger partial charge in [-0.05, 0) is 62.6 Å². The average Bonchev–Trinajstić information content (AvgIpc) is 3.17. The summed E-state index contributed by atoms with van der Waals surface area (Å²) in [4.78, 5) is 25.0. The van der Waals surface area contributed by atoms with E-state index in [1.807, 2.05) is 0 Å². The number of hydrogen-bond acceptors (Lipinski definition) is 10. The van der Waals surface area contributed by atoms with Crippen LogP contribution in [0.5, 0.6) is 0 Å². The zero-order valence-electron chi connectivity index (χ0n) is 13.2. The first-order valence-corrected chi connectivity index (χ1v) is 9.09. The van der Waals surface area contributed by atoms with Gasteiger partial charge in [0.05, 0.1) is 11.4 Å². The van der Waals surface area contributed by atoms with Crippen LogP contribution < -0.4 is 0 Å². The van der Waals surface area contributed by atoms with Crippen LogP contribution in [-0.4, -0.2) is 43.3 Å². The molecule has 8 nitrogen and oxygen atoms in total. The van der Waals surface area contributed by atoms with Crippen molar-refractivity contribution < 1.29 is 19.1 Å². The Morgan fingerprint density at radius 1 is 0.833 bits per heavy atom. The van der Waals surface area contributed by atoms with Gasteiger partial charge in [0, 0.05) is 0 Å². The Bertz CT molecular complexity index is 674. The third-order valence-corrected chi connectivity index (χ3v) is 5.46. The number of carbonyl (C=O) groups is 2. The molecule has 0 saturated heterocycles. The number of aromatic nitrogens is 4. The Kier molecular flexibility index (Phi) is 5.14. The molecule has 0 N–H and O–H groups in total. The summed E-state index contributed by atoms with van der Waals surface area (Å²) in [5, 5.41) is 7.62. The second-order valence-corrected chi connectivity index (χ2v) is 7.09. The van der Waals surface area contributed by atoms with E-state index in [0.29, 0.717) is 46.8 Å². The topological polar surface area (TPSA) is 104 Å². The van der Waals surface area contributed by atoms with Crippen LogP contribution in [0.25, 0.3) is 0 Å². The molecule has 2 heterocycles. The fourth-order valence-electron chi connectivity index (χ4n) is 2.52. The molecule has 1 saturated carbocycles. The van der Waals surface area contributed by atoms with Gasteiger partial charge < -0.3 is 9.47 Å². The maximum absolute atomic E-state index is 12.1. The second kappa shape index (κ2) is 7.31. The Balaban J connectivity index is 1.48. The lowest BCUT2D eigenvalue weighted by atomic mass is 9.95. The summed E-state index contributed by atoms with van der Waals surface area (Å²) < 4.78 is 18.5. The zero-order valence-corrected chi connectivity index (χ0v) is 14.9. The van der Waals surface area contributed by atoms with Crippen molar-refractivity contribution in [1.82, 2.24) is 19.2 Å². The van der Waals surface area contributed by atoms with E-state index in [0.717, 1.165) is 23.1 Å². The molecule has 1 aliphatic rings. The minimum Gasteiger partial charge on any atom is -0.458 e. The van der Waals surface area contributed by atoms with E-state index in [-0.39, 0.29) is 24.1 Å². The van der Waals surface area contributed by atoms with E-state index in [2.05, 4.69) is 19.2 Å². The normalized spacial score (nSPS) is 20.6. The Morgan fingerprint density at radius 3 is 1.50 bits per heavy atom. The van der Waals surface area contributed by atoms with Gasteiger partial charge in [0.15, 0.2) is 9.75 Å². The average molecular weight is 368 g/mol. The SMILES string of the molecule is Cc1nnsc1C(=O)OC1CCC(OC(=O)c2snnc2C)CC1. The van der Waals surface area contributed by atoms with Gasteiger partial charge in [-0.1, -0.05) is 8.98 Å². The van der Waals surface area contributed by atoms with Crippen molar-refractivity contribution in [3.05, 3.63) is 21.1 Å². The van der Waals surface area contributed by atoms with Crippen LogP contribution in [0.2, 0.25) is 0 Å². The van der Waals surface area contributed by atoms with Crippen LogP contribution in [0, 0.1) is 13.8 Å². The quantitative estimate of drug-likeness (QED) is 0.757. The predicted octanol–water partition coefficient (Wildman–Crippen LogP) is 2.33. The molecular weight excluding hydrogens is 352 g/mol. The van der Waals surface area contributed by atoms with Gasteiger partial charge in [0.25, 0.3) is 0 Å². The lowest BCUT2D eigenvalue weighted by Crippen LogP contribution is -2.29. The highest BCUT2D eigenvalue weighted by molar-refractivity contribution is 7.08. The summed E-state index contributed by atoms with van der Waals surface area (Å²) in [6.45, 7) is 3.46.